The lowest BCUT2D eigenvalue weighted by atomic mass is 10.0. The molecule has 1 saturated heterocycles. The van der Waals surface area contributed by atoms with Crippen LogP contribution >= 0.6 is 0 Å². The third kappa shape index (κ3) is 3.57. The summed E-state index contributed by atoms with van der Waals surface area (Å²) in [4.78, 5) is 16.0. The minimum atomic E-state index is -0.418. The van der Waals surface area contributed by atoms with Crippen LogP contribution in [0.15, 0.2) is 48.5 Å². The Kier molecular flexibility index (Phi) is 4.81. The molecule has 1 heterocycles. The molecule has 126 valence electrons. The Balaban J connectivity index is 1.84. The standard InChI is InChI=1S/C19H21FN2O2/c1-21-11-10-16(13-21)24-19(23)22(2)18-9-8-15(20)12-17(18)14-6-4-3-5-7-14/h3-9,12,16H,10-11,13H2,1-2H3/t16-/m0/s1. The van der Waals surface area contributed by atoms with Crippen LogP contribution in [0.5, 0.6) is 0 Å². The predicted octanol–water partition coefficient (Wildman–Crippen LogP) is 3.77. The molecule has 0 radical (unpaired) electrons. The molecule has 0 unspecified atom stereocenters. The van der Waals surface area contributed by atoms with Crippen molar-refractivity contribution in [2.45, 2.75) is 12.5 Å². The molecule has 1 amide bonds. The Hall–Kier alpha value is -2.40. The maximum absolute atomic E-state index is 13.7. The van der Waals surface area contributed by atoms with Gasteiger partial charge in [0.25, 0.3) is 0 Å². The van der Waals surface area contributed by atoms with Gasteiger partial charge in [-0.15, -0.1) is 0 Å². The van der Waals surface area contributed by atoms with E-state index in [1.165, 1.54) is 17.0 Å². The minimum absolute atomic E-state index is 0.0921. The number of carbonyl (C=O) groups is 1. The predicted molar refractivity (Wildman–Crippen MR) is 92.6 cm³/mol. The van der Waals surface area contributed by atoms with Gasteiger partial charge in [0.15, 0.2) is 0 Å². The number of benzene rings is 2. The summed E-state index contributed by atoms with van der Waals surface area (Å²) in [5.74, 6) is -0.336. The van der Waals surface area contributed by atoms with Crippen molar-refractivity contribution in [3.63, 3.8) is 0 Å². The second kappa shape index (κ2) is 7.01. The third-order valence-corrected chi connectivity index (χ3v) is 4.29. The van der Waals surface area contributed by atoms with Crippen molar-refractivity contribution in [3.8, 4) is 11.1 Å². The fraction of sp³-hybridized carbons (Fsp3) is 0.316. The molecule has 2 aromatic rings. The van der Waals surface area contributed by atoms with Crippen molar-refractivity contribution in [1.29, 1.82) is 0 Å². The monoisotopic (exact) mass is 328 g/mol. The molecule has 3 rings (SSSR count). The summed E-state index contributed by atoms with van der Waals surface area (Å²) in [6.07, 6.45) is 0.329. The van der Waals surface area contributed by atoms with Crippen LogP contribution in [-0.2, 0) is 4.74 Å². The molecular weight excluding hydrogens is 307 g/mol. The molecule has 1 atom stereocenters. The molecule has 0 N–H and O–H groups in total. The first-order chi connectivity index (χ1) is 11.5. The van der Waals surface area contributed by atoms with E-state index in [1.807, 2.05) is 37.4 Å². The van der Waals surface area contributed by atoms with Gasteiger partial charge in [0.05, 0.1) is 5.69 Å². The van der Waals surface area contributed by atoms with Crippen LogP contribution in [0.3, 0.4) is 0 Å². The van der Waals surface area contributed by atoms with Crippen LogP contribution in [0, 0.1) is 5.82 Å². The lowest BCUT2D eigenvalue weighted by Crippen LogP contribution is -2.32. The fourth-order valence-electron chi connectivity index (χ4n) is 2.96. The van der Waals surface area contributed by atoms with Gasteiger partial charge < -0.3 is 9.64 Å². The number of rotatable bonds is 3. The van der Waals surface area contributed by atoms with E-state index in [-0.39, 0.29) is 11.9 Å². The zero-order valence-corrected chi connectivity index (χ0v) is 13.9. The van der Waals surface area contributed by atoms with Crippen molar-refractivity contribution >= 4 is 11.8 Å². The highest BCUT2D eigenvalue weighted by molar-refractivity contribution is 5.93. The zero-order chi connectivity index (χ0) is 17.1. The molecular formula is C19H21FN2O2. The van der Waals surface area contributed by atoms with Gasteiger partial charge in [0.2, 0.25) is 0 Å². The summed E-state index contributed by atoms with van der Waals surface area (Å²) >= 11 is 0. The smallest absolute Gasteiger partial charge is 0.414 e. The normalized spacial score (nSPS) is 17.7. The molecule has 0 aliphatic carbocycles. The van der Waals surface area contributed by atoms with Gasteiger partial charge in [0, 0.05) is 25.7 Å². The van der Waals surface area contributed by atoms with E-state index in [2.05, 4.69) is 4.90 Å². The van der Waals surface area contributed by atoms with Crippen molar-refractivity contribution < 1.29 is 13.9 Å². The number of likely N-dealkylation sites (tertiary alicyclic amines) is 1. The molecule has 1 aliphatic rings. The summed E-state index contributed by atoms with van der Waals surface area (Å²) in [6.45, 7) is 1.67. The largest absolute Gasteiger partial charge is 0.444 e. The van der Waals surface area contributed by atoms with E-state index in [0.29, 0.717) is 11.3 Å². The van der Waals surface area contributed by atoms with Gasteiger partial charge in [-0.25, -0.2) is 9.18 Å². The number of nitrogens with zero attached hydrogens (tertiary/aromatic N) is 2. The first kappa shape index (κ1) is 16.5. The Morgan fingerprint density at radius 1 is 1.25 bits per heavy atom. The molecule has 24 heavy (non-hydrogen) atoms. The summed E-state index contributed by atoms with van der Waals surface area (Å²) < 4.78 is 19.3. The highest BCUT2D eigenvalue weighted by Crippen LogP contribution is 2.31. The fourth-order valence-corrected chi connectivity index (χ4v) is 2.96. The second-order valence-corrected chi connectivity index (χ2v) is 6.14. The molecule has 5 heteroatoms. The van der Waals surface area contributed by atoms with Crippen LogP contribution in [0.2, 0.25) is 0 Å². The van der Waals surface area contributed by atoms with Crippen molar-refractivity contribution in [3.05, 3.63) is 54.3 Å². The van der Waals surface area contributed by atoms with Crippen molar-refractivity contribution in [2.75, 3.05) is 32.1 Å². The van der Waals surface area contributed by atoms with Gasteiger partial charge in [-0.3, -0.25) is 4.90 Å². The number of carbonyl (C=O) groups excluding carboxylic acids is 1. The average molecular weight is 328 g/mol. The van der Waals surface area contributed by atoms with Crippen LogP contribution < -0.4 is 4.90 Å². The first-order valence-corrected chi connectivity index (χ1v) is 8.02. The van der Waals surface area contributed by atoms with Gasteiger partial charge in [-0.1, -0.05) is 30.3 Å². The average Bonchev–Trinajstić information content (AvgIpc) is 3.00. The SMILES string of the molecule is CN1CC[C@H](OC(=O)N(C)c2ccc(F)cc2-c2ccccc2)C1. The van der Waals surface area contributed by atoms with E-state index in [9.17, 15) is 9.18 Å². The highest BCUT2D eigenvalue weighted by Gasteiger charge is 2.26. The highest BCUT2D eigenvalue weighted by atomic mass is 19.1. The number of likely N-dealkylation sites (N-methyl/N-ethyl adjacent to an activating group) is 1. The molecule has 2 aromatic carbocycles. The van der Waals surface area contributed by atoms with Crippen molar-refractivity contribution in [2.24, 2.45) is 0 Å². The minimum Gasteiger partial charge on any atom is -0.444 e. The molecule has 0 bridgehead atoms. The van der Waals surface area contributed by atoms with Crippen LogP contribution in [0.4, 0.5) is 14.9 Å². The Labute approximate surface area is 141 Å². The van der Waals surface area contributed by atoms with Crippen molar-refractivity contribution in [1.82, 2.24) is 4.90 Å². The van der Waals surface area contributed by atoms with Crippen LogP contribution in [-0.4, -0.2) is 44.3 Å². The number of ether oxygens (including phenoxy) is 1. The second-order valence-electron chi connectivity index (χ2n) is 6.14. The molecule has 0 spiro atoms. The topological polar surface area (TPSA) is 32.8 Å². The Morgan fingerprint density at radius 2 is 2.00 bits per heavy atom. The summed E-state index contributed by atoms with van der Waals surface area (Å²) in [7, 11) is 3.66. The van der Waals surface area contributed by atoms with Crippen LogP contribution in [0.1, 0.15) is 6.42 Å². The van der Waals surface area contributed by atoms with E-state index >= 15 is 0 Å². The summed E-state index contributed by atoms with van der Waals surface area (Å²) in [6, 6.07) is 13.9. The maximum Gasteiger partial charge on any atom is 0.414 e. The Bertz CT molecular complexity index is 721. The van der Waals surface area contributed by atoms with Gasteiger partial charge in [-0.05, 0) is 37.2 Å². The molecule has 0 saturated carbocycles. The number of hydrogen-bond acceptors (Lipinski definition) is 3. The van der Waals surface area contributed by atoms with E-state index in [4.69, 9.17) is 4.74 Å². The lowest BCUT2D eigenvalue weighted by molar-refractivity contribution is 0.110. The maximum atomic E-state index is 13.7. The molecule has 0 aromatic heterocycles. The van der Waals surface area contributed by atoms with Crippen LogP contribution in [0.25, 0.3) is 11.1 Å². The summed E-state index contributed by atoms with van der Waals surface area (Å²) in [5.41, 5.74) is 2.14. The molecule has 4 nitrogen and oxygen atoms in total. The van der Waals surface area contributed by atoms with E-state index in [1.54, 1.807) is 13.1 Å². The number of halogens is 1. The van der Waals surface area contributed by atoms with Gasteiger partial charge in [0.1, 0.15) is 11.9 Å². The quantitative estimate of drug-likeness (QED) is 0.860. The number of amides is 1. The van der Waals surface area contributed by atoms with E-state index < -0.39 is 6.09 Å². The zero-order valence-electron chi connectivity index (χ0n) is 13.9. The van der Waals surface area contributed by atoms with Gasteiger partial charge >= 0.3 is 6.09 Å². The van der Waals surface area contributed by atoms with E-state index in [0.717, 1.165) is 25.1 Å². The first-order valence-electron chi connectivity index (χ1n) is 8.02. The Morgan fingerprint density at radius 3 is 2.67 bits per heavy atom. The number of hydrogen-bond donors (Lipinski definition) is 0. The number of anilines is 1. The molecule has 1 aliphatic heterocycles. The lowest BCUT2D eigenvalue weighted by Gasteiger charge is -2.22. The molecule has 1 fully saturated rings. The third-order valence-electron chi connectivity index (χ3n) is 4.29. The summed E-state index contributed by atoms with van der Waals surface area (Å²) in [5, 5.41) is 0. The van der Waals surface area contributed by atoms with Gasteiger partial charge in [-0.2, -0.15) is 0 Å².